The van der Waals surface area contributed by atoms with Gasteiger partial charge in [-0.25, -0.2) is 18.1 Å². The second-order valence-electron chi connectivity index (χ2n) is 7.64. The second kappa shape index (κ2) is 11.1. The maximum Gasteiger partial charge on any atom is 0.264 e. The molecule has 1 aromatic heterocycles. The van der Waals surface area contributed by atoms with Crippen molar-refractivity contribution in [3.63, 3.8) is 0 Å². The molecule has 0 atom stereocenters. The number of nitrogens with zero attached hydrogens (tertiary/aromatic N) is 2. The van der Waals surface area contributed by atoms with Crippen LogP contribution in [0.4, 0.5) is 0 Å². The molecule has 10 heteroatoms. The number of nitrogens with one attached hydrogen (secondary N) is 1. The lowest BCUT2D eigenvalue weighted by atomic mass is 10.2. The molecule has 0 aliphatic carbocycles. The van der Waals surface area contributed by atoms with Gasteiger partial charge >= 0.3 is 0 Å². The van der Waals surface area contributed by atoms with E-state index in [0.717, 1.165) is 23.6 Å². The van der Waals surface area contributed by atoms with Crippen LogP contribution in [0.1, 0.15) is 36.0 Å². The van der Waals surface area contributed by atoms with Crippen LogP contribution in [-0.4, -0.2) is 30.5 Å². The lowest BCUT2D eigenvalue weighted by molar-refractivity contribution is -0.114. The van der Waals surface area contributed by atoms with E-state index >= 15 is 0 Å². The Morgan fingerprint density at radius 3 is 2.50 bits per heavy atom. The van der Waals surface area contributed by atoms with Gasteiger partial charge in [-0.05, 0) is 56.2 Å². The van der Waals surface area contributed by atoms with Crippen molar-refractivity contribution in [3.8, 4) is 5.75 Å². The van der Waals surface area contributed by atoms with Crippen molar-refractivity contribution in [2.75, 3.05) is 6.61 Å². The zero-order valence-electron chi connectivity index (χ0n) is 19.0. The Labute approximate surface area is 209 Å². The highest BCUT2D eigenvalue weighted by Gasteiger charge is 2.17. The Morgan fingerprint density at radius 2 is 1.85 bits per heavy atom. The lowest BCUT2D eigenvalue weighted by Crippen LogP contribution is -2.29. The van der Waals surface area contributed by atoms with Crippen molar-refractivity contribution in [2.45, 2.75) is 38.6 Å². The van der Waals surface area contributed by atoms with E-state index in [9.17, 15) is 13.2 Å². The summed E-state index contributed by atoms with van der Waals surface area (Å²) >= 11 is 12.7. The molecule has 3 aromatic rings. The molecule has 1 heterocycles. The summed E-state index contributed by atoms with van der Waals surface area (Å²) in [4.78, 5) is 16.6. The van der Waals surface area contributed by atoms with Crippen LogP contribution in [-0.2, 0) is 21.4 Å². The quantitative estimate of drug-likeness (QED) is 0.392. The van der Waals surface area contributed by atoms with Crippen LogP contribution in [0.3, 0.4) is 0 Å². The van der Waals surface area contributed by atoms with Crippen LogP contribution in [0.15, 0.2) is 53.4 Å². The molecule has 0 aliphatic heterocycles. The molecular weight excluding hydrogens is 497 g/mol. The number of benzene rings is 2. The van der Waals surface area contributed by atoms with Crippen molar-refractivity contribution < 1.29 is 17.9 Å². The first-order valence-electron chi connectivity index (χ1n) is 10.6. The fraction of sp³-hybridized carbons (Fsp3) is 0.250. The highest BCUT2D eigenvalue weighted by Crippen LogP contribution is 2.26. The predicted octanol–water partition coefficient (Wildman–Crippen LogP) is 5.16. The number of amides is 1. The number of imidazole rings is 1. The number of hydrogen-bond donors (Lipinski definition) is 1. The van der Waals surface area contributed by atoms with Crippen molar-refractivity contribution >= 4 is 45.2 Å². The van der Waals surface area contributed by atoms with Crippen LogP contribution < -0.4 is 9.46 Å². The molecule has 1 N–H and O–H groups in total. The minimum absolute atomic E-state index is 0.000210. The van der Waals surface area contributed by atoms with Gasteiger partial charge in [-0.15, -0.1) is 0 Å². The molecule has 7 nitrogen and oxygen atoms in total. The van der Waals surface area contributed by atoms with Crippen LogP contribution in [0.5, 0.6) is 5.75 Å². The van der Waals surface area contributed by atoms with Gasteiger partial charge < -0.3 is 9.30 Å². The zero-order valence-corrected chi connectivity index (χ0v) is 21.3. The monoisotopic (exact) mass is 521 g/mol. The number of halogens is 2. The Bertz CT molecular complexity index is 1320. The maximum atomic E-state index is 12.4. The van der Waals surface area contributed by atoms with Gasteiger partial charge in [0.05, 0.1) is 23.7 Å². The summed E-state index contributed by atoms with van der Waals surface area (Å²) in [6, 6.07) is 11.6. The van der Waals surface area contributed by atoms with Gasteiger partial charge in [-0.3, -0.25) is 4.79 Å². The number of sulfonamides is 1. The van der Waals surface area contributed by atoms with E-state index in [1.807, 2.05) is 30.7 Å². The second-order valence-corrected chi connectivity index (χ2v) is 10.1. The van der Waals surface area contributed by atoms with Crippen LogP contribution in [0, 0.1) is 13.8 Å². The summed E-state index contributed by atoms with van der Waals surface area (Å²) in [7, 11) is -4.00. The molecule has 0 saturated heterocycles. The number of ether oxygens (including phenoxy) is 1. The van der Waals surface area contributed by atoms with Crippen molar-refractivity contribution in [2.24, 2.45) is 0 Å². The van der Waals surface area contributed by atoms with E-state index in [0.29, 0.717) is 35.4 Å². The van der Waals surface area contributed by atoms with E-state index < -0.39 is 15.9 Å². The van der Waals surface area contributed by atoms with Gasteiger partial charge in [-0.1, -0.05) is 53.9 Å². The molecule has 1 amide bonds. The van der Waals surface area contributed by atoms with Gasteiger partial charge in [0.2, 0.25) is 0 Å². The van der Waals surface area contributed by atoms with E-state index in [2.05, 4.69) is 4.98 Å². The number of carbonyl (C=O) groups is 1. The number of rotatable bonds is 9. The molecule has 0 bridgehead atoms. The van der Waals surface area contributed by atoms with E-state index in [1.54, 1.807) is 29.7 Å². The molecule has 34 heavy (non-hydrogen) atoms. The maximum absolute atomic E-state index is 12.4. The average Bonchev–Trinajstić information content (AvgIpc) is 3.04. The summed E-state index contributed by atoms with van der Waals surface area (Å²) in [6.45, 7) is 6.59. The third kappa shape index (κ3) is 6.40. The fourth-order valence-electron chi connectivity index (χ4n) is 3.14. The summed E-state index contributed by atoms with van der Waals surface area (Å²) in [5.74, 6) is 0.486. The summed E-state index contributed by atoms with van der Waals surface area (Å²) < 4.78 is 34.3. The first-order chi connectivity index (χ1) is 16.1. The Balaban J connectivity index is 1.78. The average molecular weight is 522 g/mol. The van der Waals surface area contributed by atoms with E-state index in [1.165, 1.54) is 18.2 Å². The molecule has 0 saturated carbocycles. The molecule has 2 aromatic carbocycles. The summed E-state index contributed by atoms with van der Waals surface area (Å²) in [6.07, 6.45) is 3.42. The number of aryl methyl sites for hydroxylation is 2. The first-order valence-corrected chi connectivity index (χ1v) is 12.8. The summed E-state index contributed by atoms with van der Waals surface area (Å²) in [5.41, 5.74) is 2.17. The Hall–Kier alpha value is -2.81. The third-order valence-corrected chi connectivity index (χ3v) is 6.93. The topological polar surface area (TPSA) is 90.3 Å². The third-order valence-electron chi connectivity index (χ3n) is 4.94. The lowest BCUT2D eigenvalue weighted by Gasteiger charge is -2.12. The summed E-state index contributed by atoms with van der Waals surface area (Å²) in [5, 5.41) is 0.705. The zero-order chi connectivity index (χ0) is 24.9. The minimum Gasteiger partial charge on any atom is -0.494 e. The van der Waals surface area contributed by atoms with Crippen LogP contribution in [0.25, 0.3) is 6.08 Å². The highest BCUT2D eigenvalue weighted by atomic mass is 35.5. The predicted molar refractivity (Wildman–Crippen MR) is 134 cm³/mol. The van der Waals surface area contributed by atoms with Gasteiger partial charge in [0, 0.05) is 11.1 Å². The van der Waals surface area contributed by atoms with E-state index in [-0.39, 0.29) is 10.0 Å². The Kier molecular flexibility index (Phi) is 8.41. The largest absolute Gasteiger partial charge is 0.494 e. The van der Waals surface area contributed by atoms with Crippen LogP contribution in [0.2, 0.25) is 10.2 Å². The molecule has 0 fully saturated rings. The molecular formula is C24H25Cl2N3O4S. The molecule has 0 radical (unpaired) electrons. The number of hydrogen-bond acceptors (Lipinski definition) is 5. The fourth-order valence-corrected chi connectivity index (χ4v) is 4.60. The van der Waals surface area contributed by atoms with Crippen molar-refractivity contribution in [3.05, 3.63) is 81.4 Å². The number of carbonyl (C=O) groups excluding carboxylic acids is 1. The molecule has 3 rings (SSSR count). The van der Waals surface area contributed by atoms with E-state index in [4.69, 9.17) is 27.9 Å². The normalized spacial score (nSPS) is 11.7. The minimum atomic E-state index is -4.00. The standard InChI is InChI=1S/C24H25Cl2N3O4S/c1-4-13-33-19-8-7-18(21(25)14-19)15-29-17(3)27-24(26)22(29)11-12-23(30)28-34(31,32)20-9-5-16(2)6-10-20/h5-12,14H,4,13,15H2,1-3H3,(H,28,30)/b12-11+. The number of aromatic nitrogens is 2. The smallest absolute Gasteiger partial charge is 0.264 e. The molecule has 0 aliphatic rings. The van der Waals surface area contributed by atoms with Gasteiger partial charge in [0.15, 0.2) is 5.15 Å². The molecule has 180 valence electrons. The molecule has 0 unspecified atom stereocenters. The van der Waals surface area contributed by atoms with Crippen LogP contribution >= 0.6 is 23.2 Å². The SMILES string of the molecule is CCCOc1ccc(Cn2c(C)nc(Cl)c2/C=C/C(=O)NS(=O)(=O)c2ccc(C)cc2)c(Cl)c1. The van der Waals surface area contributed by atoms with Gasteiger partial charge in [-0.2, -0.15) is 0 Å². The van der Waals surface area contributed by atoms with Gasteiger partial charge in [0.1, 0.15) is 11.6 Å². The highest BCUT2D eigenvalue weighted by molar-refractivity contribution is 7.90. The first kappa shape index (κ1) is 25.8. The van der Waals surface area contributed by atoms with Crippen molar-refractivity contribution in [1.82, 2.24) is 14.3 Å². The molecule has 0 spiro atoms. The van der Waals surface area contributed by atoms with Gasteiger partial charge in [0.25, 0.3) is 15.9 Å². The Morgan fingerprint density at radius 1 is 1.15 bits per heavy atom. The van der Waals surface area contributed by atoms with Crippen molar-refractivity contribution in [1.29, 1.82) is 0 Å².